The number of nitrogens with zero attached hydrogens (tertiary/aromatic N) is 4. The second-order valence-corrected chi connectivity index (χ2v) is 6.83. The lowest BCUT2D eigenvalue weighted by Crippen LogP contribution is -2.42. The van der Waals surface area contributed by atoms with Gasteiger partial charge in [0.15, 0.2) is 5.65 Å². The van der Waals surface area contributed by atoms with Gasteiger partial charge < -0.3 is 9.64 Å². The van der Waals surface area contributed by atoms with Gasteiger partial charge in [-0.3, -0.25) is 9.36 Å². The predicted octanol–water partition coefficient (Wildman–Crippen LogP) is 3.12. The van der Waals surface area contributed by atoms with E-state index in [0.717, 1.165) is 12.1 Å². The van der Waals surface area contributed by atoms with Gasteiger partial charge in [-0.25, -0.2) is 18.7 Å². The van der Waals surface area contributed by atoms with Gasteiger partial charge in [-0.2, -0.15) is 0 Å². The molecular formula is C19H20F2N4O2. The lowest BCUT2D eigenvalue weighted by atomic mass is 10.1. The normalized spacial score (nSPS) is 22.1. The zero-order valence-corrected chi connectivity index (χ0v) is 14.9. The number of allylic oxidation sites excluding steroid dienone is 2. The van der Waals surface area contributed by atoms with Crippen molar-refractivity contribution in [3.05, 3.63) is 42.4 Å². The van der Waals surface area contributed by atoms with Crippen molar-refractivity contribution >= 4 is 22.8 Å². The number of piperidine rings is 1. The molecule has 8 heteroatoms. The Hall–Kier alpha value is -2.61. The highest BCUT2D eigenvalue weighted by atomic mass is 19.3. The molecule has 2 aromatic heterocycles. The summed E-state index contributed by atoms with van der Waals surface area (Å²) in [6.45, 7) is 0.104. The van der Waals surface area contributed by atoms with E-state index in [1.165, 1.54) is 11.1 Å². The van der Waals surface area contributed by atoms with Gasteiger partial charge >= 0.3 is 0 Å². The molecule has 1 aliphatic heterocycles. The summed E-state index contributed by atoms with van der Waals surface area (Å²) in [5.41, 5.74) is 2.54. The number of pyridine rings is 1. The number of carbonyl (C=O) groups excluding carboxylic acids is 1. The van der Waals surface area contributed by atoms with E-state index in [4.69, 9.17) is 4.74 Å². The first-order valence-electron chi connectivity index (χ1n) is 8.88. The van der Waals surface area contributed by atoms with Crippen molar-refractivity contribution < 1.29 is 18.3 Å². The minimum Gasteiger partial charge on any atom is -0.377 e. The molecule has 0 bridgehead atoms. The summed E-state index contributed by atoms with van der Waals surface area (Å²) in [5, 5.41) is 0. The van der Waals surface area contributed by atoms with Gasteiger partial charge in [0.05, 0.1) is 11.7 Å². The van der Waals surface area contributed by atoms with Crippen molar-refractivity contribution in [2.24, 2.45) is 0 Å². The molecule has 2 aromatic rings. The smallest absolute Gasteiger partial charge is 0.255 e. The second-order valence-electron chi connectivity index (χ2n) is 6.83. The fourth-order valence-corrected chi connectivity index (χ4v) is 3.37. The van der Waals surface area contributed by atoms with Crippen LogP contribution < -0.4 is 0 Å². The Labute approximate surface area is 155 Å². The standard InChI is InChI=1S/C19H20F2N4O2/c1-27-15-4-2-14(3-5-15)25-12-23-16-10-13(11-22-17(16)25)18(26)24-8-6-19(20,21)7-9-24/h2-4,10-12,15H,5-9H2,1H3. The number of halogens is 2. The van der Waals surface area contributed by atoms with E-state index in [1.807, 2.05) is 22.8 Å². The lowest BCUT2D eigenvalue weighted by molar-refractivity contribution is -0.0494. The molecule has 0 spiro atoms. The molecule has 1 unspecified atom stereocenters. The molecule has 142 valence electrons. The van der Waals surface area contributed by atoms with Gasteiger partial charge in [-0.05, 0) is 18.6 Å². The molecule has 1 atom stereocenters. The zero-order valence-electron chi connectivity index (χ0n) is 14.9. The summed E-state index contributed by atoms with van der Waals surface area (Å²) in [7, 11) is 1.67. The highest BCUT2D eigenvalue weighted by Crippen LogP contribution is 2.28. The van der Waals surface area contributed by atoms with Crippen molar-refractivity contribution in [3.63, 3.8) is 0 Å². The van der Waals surface area contributed by atoms with E-state index >= 15 is 0 Å². The van der Waals surface area contributed by atoms with Crippen LogP contribution in [0.3, 0.4) is 0 Å². The third-order valence-electron chi connectivity index (χ3n) is 5.04. The first-order chi connectivity index (χ1) is 13.0. The molecule has 1 saturated heterocycles. The molecule has 4 rings (SSSR count). The van der Waals surface area contributed by atoms with Gasteiger partial charge in [-0.1, -0.05) is 12.2 Å². The monoisotopic (exact) mass is 374 g/mol. The van der Waals surface area contributed by atoms with Crippen LogP contribution in [0, 0.1) is 0 Å². The summed E-state index contributed by atoms with van der Waals surface area (Å²) in [6.07, 6.45) is 9.36. The van der Waals surface area contributed by atoms with Crippen molar-refractivity contribution in [1.29, 1.82) is 0 Å². The highest BCUT2D eigenvalue weighted by molar-refractivity contribution is 5.96. The van der Waals surface area contributed by atoms with Crippen LogP contribution in [0.25, 0.3) is 16.9 Å². The Morgan fingerprint density at radius 1 is 1.30 bits per heavy atom. The SMILES string of the molecule is COC1C=CC(n2cnc3cc(C(=O)N4CCC(F)(F)CC4)cnc32)=CC1. The van der Waals surface area contributed by atoms with E-state index < -0.39 is 5.92 Å². The van der Waals surface area contributed by atoms with Crippen LogP contribution in [0.15, 0.2) is 36.8 Å². The Morgan fingerprint density at radius 2 is 2.07 bits per heavy atom. The Bertz CT molecular complexity index is 925. The summed E-state index contributed by atoms with van der Waals surface area (Å²) in [5.74, 6) is -2.96. The van der Waals surface area contributed by atoms with Crippen molar-refractivity contribution in [2.45, 2.75) is 31.3 Å². The number of aromatic nitrogens is 3. The molecule has 27 heavy (non-hydrogen) atoms. The van der Waals surface area contributed by atoms with Crippen LogP contribution in [0.1, 0.15) is 29.6 Å². The highest BCUT2D eigenvalue weighted by Gasteiger charge is 2.35. The molecule has 2 aliphatic rings. The van der Waals surface area contributed by atoms with Crippen LogP contribution in [-0.2, 0) is 4.74 Å². The zero-order chi connectivity index (χ0) is 19.0. The number of amides is 1. The number of hydrogen-bond donors (Lipinski definition) is 0. The van der Waals surface area contributed by atoms with Crippen LogP contribution in [-0.4, -0.2) is 57.6 Å². The molecule has 3 heterocycles. The largest absolute Gasteiger partial charge is 0.377 e. The third kappa shape index (κ3) is 3.49. The summed E-state index contributed by atoms with van der Waals surface area (Å²) < 4.78 is 33.7. The molecule has 0 saturated carbocycles. The van der Waals surface area contributed by atoms with Gasteiger partial charge in [0, 0.05) is 44.9 Å². The average Bonchev–Trinajstić information content (AvgIpc) is 3.10. The summed E-state index contributed by atoms with van der Waals surface area (Å²) in [4.78, 5) is 22.8. The van der Waals surface area contributed by atoms with E-state index in [0.29, 0.717) is 16.7 Å². The molecule has 1 fully saturated rings. The maximum absolute atomic E-state index is 13.3. The molecule has 6 nitrogen and oxygen atoms in total. The van der Waals surface area contributed by atoms with Gasteiger partial charge in [0.25, 0.3) is 11.8 Å². The van der Waals surface area contributed by atoms with Gasteiger partial charge in [0.2, 0.25) is 0 Å². The molecule has 0 aromatic carbocycles. The topological polar surface area (TPSA) is 60.3 Å². The number of imidazole rings is 1. The quantitative estimate of drug-likeness (QED) is 0.828. The van der Waals surface area contributed by atoms with Crippen LogP contribution >= 0.6 is 0 Å². The maximum atomic E-state index is 13.3. The number of ether oxygens (including phenoxy) is 1. The summed E-state index contributed by atoms with van der Waals surface area (Å²) in [6, 6.07) is 1.67. The number of fused-ring (bicyclic) bond motifs is 1. The third-order valence-corrected chi connectivity index (χ3v) is 5.04. The molecule has 1 aliphatic carbocycles. The van der Waals surface area contributed by atoms with Crippen LogP contribution in [0.5, 0.6) is 0 Å². The number of carbonyl (C=O) groups is 1. The number of rotatable bonds is 3. The van der Waals surface area contributed by atoms with E-state index in [2.05, 4.69) is 9.97 Å². The second kappa shape index (κ2) is 6.84. The van der Waals surface area contributed by atoms with Gasteiger partial charge in [-0.15, -0.1) is 0 Å². The molecule has 0 N–H and O–H groups in total. The number of methoxy groups -OCH3 is 1. The number of alkyl halides is 2. The summed E-state index contributed by atoms with van der Waals surface area (Å²) >= 11 is 0. The minimum atomic E-state index is -2.68. The fraction of sp³-hybridized carbons (Fsp3) is 0.421. The van der Waals surface area contributed by atoms with Crippen molar-refractivity contribution in [2.75, 3.05) is 20.2 Å². The molecule has 1 amide bonds. The van der Waals surface area contributed by atoms with Crippen LogP contribution in [0.4, 0.5) is 8.78 Å². The Morgan fingerprint density at radius 3 is 2.74 bits per heavy atom. The molecule has 0 radical (unpaired) electrons. The molecular weight excluding hydrogens is 354 g/mol. The Balaban J connectivity index is 1.55. The first-order valence-corrected chi connectivity index (χ1v) is 8.88. The van der Waals surface area contributed by atoms with Crippen molar-refractivity contribution in [3.8, 4) is 0 Å². The van der Waals surface area contributed by atoms with E-state index in [9.17, 15) is 13.6 Å². The lowest BCUT2D eigenvalue weighted by Gasteiger charge is -2.31. The number of likely N-dealkylation sites (tertiary alicyclic amines) is 1. The number of hydrogen-bond acceptors (Lipinski definition) is 4. The average molecular weight is 374 g/mol. The van der Waals surface area contributed by atoms with E-state index in [1.54, 1.807) is 19.5 Å². The Kier molecular flexibility index (Phi) is 4.51. The predicted molar refractivity (Wildman–Crippen MR) is 96.4 cm³/mol. The maximum Gasteiger partial charge on any atom is 0.255 e. The minimum absolute atomic E-state index is 0.0522. The van der Waals surface area contributed by atoms with E-state index in [-0.39, 0.29) is 37.9 Å². The van der Waals surface area contributed by atoms with Crippen LogP contribution in [0.2, 0.25) is 0 Å². The first kappa shape index (κ1) is 17.8. The van der Waals surface area contributed by atoms with Crippen molar-refractivity contribution in [1.82, 2.24) is 19.4 Å². The van der Waals surface area contributed by atoms with Gasteiger partial charge in [0.1, 0.15) is 11.8 Å². The fourth-order valence-electron chi connectivity index (χ4n) is 3.37.